The molecule has 0 unspecified atom stereocenters. The molecular formula is C10H11N3O2. The van der Waals surface area contributed by atoms with Crippen molar-refractivity contribution in [1.29, 1.82) is 5.26 Å². The van der Waals surface area contributed by atoms with Crippen molar-refractivity contribution in [2.24, 2.45) is 0 Å². The lowest BCUT2D eigenvalue weighted by atomic mass is 10.3. The highest BCUT2D eigenvalue weighted by Gasteiger charge is 2.30. The van der Waals surface area contributed by atoms with Gasteiger partial charge in [-0.25, -0.2) is 4.79 Å². The maximum atomic E-state index is 11.5. The maximum Gasteiger partial charge on any atom is 0.356 e. The summed E-state index contributed by atoms with van der Waals surface area (Å²) in [4.78, 5) is 11.5. The lowest BCUT2D eigenvalue weighted by Gasteiger charge is -2.05. The quantitative estimate of drug-likeness (QED) is 0.732. The first-order valence-electron chi connectivity index (χ1n) is 4.67. The number of esters is 1. The third kappa shape index (κ3) is 1.44. The number of aromatic nitrogens is 1. The van der Waals surface area contributed by atoms with Crippen molar-refractivity contribution >= 4 is 11.7 Å². The highest BCUT2D eigenvalue weighted by atomic mass is 16.5. The summed E-state index contributed by atoms with van der Waals surface area (Å²) < 4.78 is 6.39. The molecule has 0 bridgehead atoms. The smallest absolute Gasteiger partial charge is 0.356 e. The molecular weight excluding hydrogens is 194 g/mol. The average molecular weight is 205 g/mol. The van der Waals surface area contributed by atoms with E-state index in [4.69, 9.17) is 11.0 Å². The first-order valence-corrected chi connectivity index (χ1v) is 4.67. The second-order valence-corrected chi connectivity index (χ2v) is 3.55. The van der Waals surface area contributed by atoms with Gasteiger partial charge in [-0.3, -0.25) is 0 Å². The van der Waals surface area contributed by atoms with Crippen molar-refractivity contribution in [2.45, 2.75) is 18.9 Å². The molecule has 2 rings (SSSR count). The second kappa shape index (κ2) is 3.31. The fraction of sp³-hybridized carbons (Fsp3) is 0.400. The number of carbonyl (C=O) groups is 1. The molecule has 1 aromatic rings. The van der Waals surface area contributed by atoms with E-state index in [0.29, 0.717) is 17.3 Å². The van der Waals surface area contributed by atoms with E-state index in [2.05, 4.69) is 4.74 Å². The van der Waals surface area contributed by atoms with Crippen LogP contribution in [0.5, 0.6) is 0 Å². The number of nitrogen functional groups attached to an aromatic ring is 1. The summed E-state index contributed by atoms with van der Waals surface area (Å²) in [5.41, 5.74) is 6.57. The molecule has 0 spiro atoms. The van der Waals surface area contributed by atoms with Gasteiger partial charge in [0.1, 0.15) is 6.07 Å². The van der Waals surface area contributed by atoms with Crippen molar-refractivity contribution in [3.8, 4) is 6.07 Å². The second-order valence-electron chi connectivity index (χ2n) is 3.55. The van der Waals surface area contributed by atoms with Crippen LogP contribution >= 0.6 is 0 Å². The summed E-state index contributed by atoms with van der Waals surface area (Å²) in [6.45, 7) is 0. The zero-order valence-corrected chi connectivity index (χ0v) is 8.36. The van der Waals surface area contributed by atoms with Crippen LogP contribution in [0, 0.1) is 11.3 Å². The number of nitrogens with two attached hydrogens (primary N) is 1. The number of nitriles is 1. The highest BCUT2D eigenvalue weighted by molar-refractivity contribution is 5.95. The molecule has 2 N–H and O–H groups in total. The van der Waals surface area contributed by atoms with E-state index < -0.39 is 5.97 Å². The third-order valence-electron chi connectivity index (χ3n) is 2.51. The van der Waals surface area contributed by atoms with Crippen molar-refractivity contribution in [1.82, 2.24) is 4.57 Å². The van der Waals surface area contributed by atoms with Crippen LogP contribution in [0.15, 0.2) is 6.20 Å². The Morgan fingerprint density at radius 1 is 1.73 bits per heavy atom. The van der Waals surface area contributed by atoms with Gasteiger partial charge in [0.25, 0.3) is 0 Å². The fourth-order valence-corrected chi connectivity index (χ4v) is 1.58. The molecule has 0 aromatic carbocycles. The topological polar surface area (TPSA) is 81.0 Å². The molecule has 1 heterocycles. The average Bonchev–Trinajstić information content (AvgIpc) is 3.02. The molecule has 1 aliphatic carbocycles. The summed E-state index contributed by atoms with van der Waals surface area (Å²) in [6.07, 6.45) is 3.66. The fourth-order valence-electron chi connectivity index (χ4n) is 1.58. The summed E-state index contributed by atoms with van der Waals surface area (Å²) in [6, 6.07) is 2.26. The Balaban J connectivity index is 2.53. The molecule has 0 saturated heterocycles. The molecule has 5 nitrogen and oxygen atoms in total. The van der Waals surface area contributed by atoms with E-state index in [9.17, 15) is 4.79 Å². The molecule has 15 heavy (non-hydrogen) atoms. The SMILES string of the molecule is COC(=O)c1c(N)c(C#N)cn1C1CC1. The minimum atomic E-state index is -0.485. The van der Waals surface area contributed by atoms with Crippen LogP contribution in [-0.2, 0) is 4.74 Å². The van der Waals surface area contributed by atoms with Crippen LogP contribution in [0.1, 0.15) is 34.9 Å². The normalized spacial score (nSPS) is 14.7. The van der Waals surface area contributed by atoms with Gasteiger partial charge in [0.05, 0.1) is 18.4 Å². The molecule has 0 radical (unpaired) electrons. The van der Waals surface area contributed by atoms with E-state index in [0.717, 1.165) is 12.8 Å². The monoisotopic (exact) mass is 205 g/mol. The molecule has 0 atom stereocenters. The Morgan fingerprint density at radius 3 is 2.87 bits per heavy atom. The number of nitrogens with zero attached hydrogens (tertiary/aromatic N) is 2. The standard InChI is InChI=1S/C10H11N3O2/c1-15-10(14)9-8(12)6(4-11)5-13(9)7-2-3-7/h5,7H,2-3,12H2,1H3. The molecule has 1 fully saturated rings. The van der Waals surface area contributed by atoms with E-state index in [1.165, 1.54) is 7.11 Å². The van der Waals surface area contributed by atoms with Crippen LogP contribution in [0.2, 0.25) is 0 Å². The molecule has 1 aromatic heterocycles. The van der Waals surface area contributed by atoms with Gasteiger partial charge in [-0.1, -0.05) is 0 Å². The minimum absolute atomic E-state index is 0.219. The maximum absolute atomic E-state index is 11.5. The summed E-state index contributed by atoms with van der Waals surface area (Å²) in [5.74, 6) is -0.485. The third-order valence-corrected chi connectivity index (χ3v) is 2.51. The van der Waals surface area contributed by atoms with Crippen LogP contribution in [0.3, 0.4) is 0 Å². The number of hydrogen-bond donors (Lipinski definition) is 1. The zero-order chi connectivity index (χ0) is 11.0. The lowest BCUT2D eigenvalue weighted by Crippen LogP contribution is -2.11. The molecule has 0 amide bonds. The van der Waals surface area contributed by atoms with Gasteiger partial charge in [-0.05, 0) is 12.8 Å². The Morgan fingerprint density at radius 2 is 2.40 bits per heavy atom. The number of rotatable bonds is 2. The van der Waals surface area contributed by atoms with Crippen molar-refractivity contribution in [3.63, 3.8) is 0 Å². The molecule has 0 aliphatic heterocycles. The largest absolute Gasteiger partial charge is 0.464 e. The summed E-state index contributed by atoms with van der Waals surface area (Å²) >= 11 is 0. The van der Waals surface area contributed by atoms with Crippen LogP contribution in [0.25, 0.3) is 0 Å². The van der Waals surface area contributed by atoms with Crippen molar-refractivity contribution in [2.75, 3.05) is 12.8 Å². The van der Waals surface area contributed by atoms with Gasteiger partial charge in [0, 0.05) is 12.2 Å². The zero-order valence-electron chi connectivity index (χ0n) is 8.36. The Hall–Kier alpha value is -1.96. The number of anilines is 1. The first-order chi connectivity index (χ1) is 7.19. The van der Waals surface area contributed by atoms with Gasteiger partial charge < -0.3 is 15.0 Å². The predicted octanol–water partition coefficient (Wildman–Crippen LogP) is 1.06. The predicted molar refractivity (Wildman–Crippen MR) is 53.2 cm³/mol. The minimum Gasteiger partial charge on any atom is -0.464 e. The van der Waals surface area contributed by atoms with Crippen LogP contribution in [0.4, 0.5) is 5.69 Å². The number of hydrogen-bond acceptors (Lipinski definition) is 4. The Bertz CT molecular complexity index is 452. The van der Waals surface area contributed by atoms with Gasteiger partial charge in [-0.2, -0.15) is 5.26 Å². The number of methoxy groups -OCH3 is 1. The lowest BCUT2D eigenvalue weighted by molar-refractivity contribution is 0.0589. The van der Waals surface area contributed by atoms with Gasteiger partial charge in [0.2, 0.25) is 0 Å². The van der Waals surface area contributed by atoms with Gasteiger partial charge in [-0.15, -0.1) is 0 Å². The number of carbonyl (C=O) groups excluding carboxylic acids is 1. The first kappa shape index (κ1) is 9.59. The van der Waals surface area contributed by atoms with Crippen molar-refractivity contribution < 1.29 is 9.53 Å². The van der Waals surface area contributed by atoms with E-state index in [-0.39, 0.29) is 5.69 Å². The van der Waals surface area contributed by atoms with Crippen molar-refractivity contribution in [3.05, 3.63) is 17.5 Å². The highest BCUT2D eigenvalue weighted by Crippen LogP contribution is 2.38. The summed E-state index contributed by atoms with van der Waals surface area (Å²) in [7, 11) is 1.30. The number of ether oxygens (including phenoxy) is 1. The van der Waals surface area contributed by atoms with E-state index >= 15 is 0 Å². The van der Waals surface area contributed by atoms with Crippen LogP contribution in [-0.4, -0.2) is 17.6 Å². The summed E-state index contributed by atoms with van der Waals surface area (Å²) in [5, 5.41) is 8.82. The Labute approximate surface area is 87.0 Å². The molecule has 5 heteroatoms. The van der Waals surface area contributed by atoms with Gasteiger partial charge in [0.15, 0.2) is 5.69 Å². The van der Waals surface area contributed by atoms with Crippen LogP contribution < -0.4 is 5.73 Å². The van der Waals surface area contributed by atoms with E-state index in [1.54, 1.807) is 10.8 Å². The molecule has 78 valence electrons. The van der Waals surface area contributed by atoms with E-state index in [1.807, 2.05) is 6.07 Å². The molecule has 1 aliphatic rings. The Kier molecular flexibility index (Phi) is 2.12. The van der Waals surface area contributed by atoms with Gasteiger partial charge >= 0.3 is 5.97 Å². The molecule has 1 saturated carbocycles.